The van der Waals surface area contributed by atoms with E-state index in [1.54, 1.807) is 11.8 Å². The van der Waals surface area contributed by atoms with Gasteiger partial charge in [-0.05, 0) is 31.4 Å². The second kappa shape index (κ2) is 8.70. The fourth-order valence-corrected chi connectivity index (χ4v) is 3.25. The number of carbonyl (C=O) groups excluding carboxylic acids is 2. The third-order valence-electron chi connectivity index (χ3n) is 4.57. The summed E-state index contributed by atoms with van der Waals surface area (Å²) in [4.78, 5) is 25.9. The molecule has 1 N–H and O–H groups in total. The van der Waals surface area contributed by atoms with Gasteiger partial charge in [-0.15, -0.1) is 0 Å². The molecule has 1 fully saturated rings. The molecule has 1 aliphatic rings. The zero-order valence-electron chi connectivity index (χ0n) is 14.3. The Hall–Kier alpha value is -1.84. The molecule has 126 valence electrons. The van der Waals surface area contributed by atoms with Crippen molar-refractivity contribution in [2.75, 3.05) is 11.4 Å². The van der Waals surface area contributed by atoms with Gasteiger partial charge in [0.2, 0.25) is 11.8 Å². The summed E-state index contributed by atoms with van der Waals surface area (Å²) in [6.45, 7) is 3.96. The van der Waals surface area contributed by atoms with E-state index in [4.69, 9.17) is 0 Å². The fraction of sp³-hybridized carbons (Fsp3) is 0.579. The maximum Gasteiger partial charge on any atom is 0.223 e. The molecule has 2 rings (SSSR count). The van der Waals surface area contributed by atoms with Crippen molar-refractivity contribution in [2.45, 2.75) is 64.8 Å². The van der Waals surface area contributed by atoms with Crippen molar-refractivity contribution in [1.29, 1.82) is 0 Å². The molecular formula is C19H28N2O2. The van der Waals surface area contributed by atoms with E-state index in [1.165, 1.54) is 25.7 Å². The Bertz CT molecular complexity index is 534. The van der Waals surface area contributed by atoms with Crippen LogP contribution in [0.2, 0.25) is 0 Å². The van der Waals surface area contributed by atoms with Crippen molar-refractivity contribution in [3.8, 4) is 0 Å². The summed E-state index contributed by atoms with van der Waals surface area (Å²) in [6, 6.07) is 8.10. The lowest BCUT2D eigenvalue weighted by Crippen LogP contribution is -2.38. The highest BCUT2D eigenvalue weighted by Gasteiger charge is 2.18. The van der Waals surface area contributed by atoms with E-state index in [2.05, 4.69) is 5.32 Å². The van der Waals surface area contributed by atoms with E-state index in [-0.39, 0.29) is 11.8 Å². The summed E-state index contributed by atoms with van der Waals surface area (Å²) in [6.07, 6.45) is 7.47. The number of aryl methyl sites for hydroxylation is 1. The Morgan fingerprint density at radius 2 is 1.78 bits per heavy atom. The van der Waals surface area contributed by atoms with Crippen LogP contribution in [-0.2, 0) is 9.59 Å². The van der Waals surface area contributed by atoms with Crippen LogP contribution in [0.15, 0.2) is 24.3 Å². The molecule has 1 aliphatic carbocycles. The highest BCUT2D eigenvalue weighted by atomic mass is 16.2. The van der Waals surface area contributed by atoms with Crippen molar-refractivity contribution in [2.24, 2.45) is 0 Å². The van der Waals surface area contributed by atoms with Crippen molar-refractivity contribution in [3.63, 3.8) is 0 Å². The molecule has 0 unspecified atom stereocenters. The number of anilines is 1. The number of nitrogens with zero attached hydrogens (tertiary/aromatic N) is 1. The third-order valence-corrected chi connectivity index (χ3v) is 4.57. The molecule has 0 radical (unpaired) electrons. The second-order valence-corrected chi connectivity index (χ2v) is 6.46. The van der Waals surface area contributed by atoms with Crippen LogP contribution in [0.5, 0.6) is 0 Å². The molecule has 0 aromatic heterocycles. The Kier molecular flexibility index (Phi) is 6.63. The standard InChI is InChI=1S/C19H28N2O2/c1-15-9-7-8-12-18(15)21(16(2)22)14-13-19(23)20-17-10-5-3-4-6-11-17/h7-9,12,17H,3-6,10-11,13-14H2,1-2H3,(H,20,23). The predicted octanol–water partition coefficient (Wildman–Crippen LogP) is 3.58. The molecule has 0 heterocycles. The SMILES string of the molecule is CC(=O)N(CCC(=O)NC1CCCCCC1)c1ccccc1C. The maximum atomic E-state index is 12.2. The zero-order valence-corrected chi connectivity index (χ0v) is 14.3. The van der Waals surface area contributed by atoms with Crippen LogP contribution in [-0.4, -0.2) is 24.4 Å². The Morgan fingerprint density at radius 3 is 2.39 bits per heavy atom. The van der Waals surface area contributed by atoms with Crippen LogP contribution >= 0.6 is 0 Å². The highest BCUT2D eigenvalue weighted by Crippen LogP contribution is 2.20. The normalized spacial score (nSPS) is 15.7. The maximum absolute atomic E-state index is 12.2. The van der Waals surface area contributed by atoms with E-state index in [0.717, 1.165) is 24.1 Å². The van der Waals surface area contributed by atoms with Gasteiger partial charge in [0.15, 0.2) is 0 Å². The smallest absolute Gasteiger partial charge is 0.223 e. The molecule has 23 heavy (non-hydrogen) atoms. The summed E-state index contributed by atoms with van der Waals surface area (Å²) in [5, 5.41) is 3.14. The van der Waals surface area contributed by atoms with Gasteiger partial charge in [-0.2, -0.15) is 0 Å². The van der Waals surface area contributed by atoms with E-state index >= 15 is 0 Å². The van der Waals surface area contributed by atoms with Crippen molar-refractivity contribution >= 4 is 17.5 Å². The van der Waals surface area contributed by atoms with Crippen molar-refractivity contribution in [1.82, 2.24) is 5.32 Å². The first-order valence-electron chi connectivity index (χ1n) is 8.71. The lowest BCUT2D eigenvalue weighted by atomic mass is 10.1. The van der Waals surface area contributed by atoms with Gasteiger partial charge in [-0.3, -0.25) is 9.59 Å². The van der Waals surface area contributed by atoms with Gasteiger partial charge < -0.3 is 10.2 Å². The minimum absolute atomic E-state index is 0.0263. The Balaban J connectivity index is 1.90. The number of hydrogen-bond donors (Lipinski definition) is 1. The van der Waals surface area contributed by atoms with Crippen LogP contribution in [0.25, 0.3) is 0 Å². The molecule has 1 aromatic carbocycles. The fourth-order valence-electron chi connectivity index (χ4n) is 3.25. The molecule has 4 heteroatoms. The van der Waals surface area contributed by atoms with E-state index in [0.29, 0.717) is 19.0 Å². The largest absolute Gasteiger partial charge is 0.353 e. The van der Waals surface area contributed by atoms with Crippen molar-refractivity contribution in [3.05, 3.63) is 29.8 Å². The zero-order chi connectivity index (χ0) is 16.7. The Morgan fingerprint density at radius 1 is 1.13 bits per heavy atom. The molecule has 2 amide bonds. The van der Waals surface area contributed by atoms with Gasteiger partial charge in [0.1, 0.15) is 0 Å². The van der Waals surface area contributed by atoms with Gasteiger partial charge in [-0.25, -0.2) is 0 Å². The quantitative estimate of drug-likeness (QED) is 0.844. The van der Waals surface area contributed by atoms with Gasteiger partial charge in [0.25, 0.3) is 0 Å². The molecule has 0 spiro atoms. The summed E-state index contributed by atoms with van der Waals surface area (Å²) in [7, 11) is 0. The molecular weight excluding hydrogens is 288 g/mol. The lowest BCUT2D eigenvalue weighted by molar-refractivity contribution is -0.121. The minimum Gasteiger partial charge on any atom is -0.353 e. The number of hydrogen-bond acceptors (Lipinski definition) is 2. The van der Waals surface area contributed by atoms with Crippen LogP contribution in [0, 0.1) is 6.92 Å². The van der Waals surface area contributed by atoms with Crippen LogP contribution in [0.1, 0.15) is 57.4 Å². The molecule has 0 saturated heterocycles. The first-order valence-corrected chi connectivity index (χ1v) is 8.71. The van der Waals surface area contributed by atoms with E-state index in [1.807, 2.05) is 31.2 Å². The lowest BCUT2D eigenvalue weighted by Gasteiger charge is -2.23. The molecule has 1 saturated carbocycles. The highest BCUT2D eigenvalue weighted by molar-refractivity contribution is 5.93. The Labute approximate surface area is 139 Å². The molecule has 0 aliphatic heterocycles. The van der Waals surface area contributed by atoms with E-state index in [9.17, 15) is 9.59 Å². The number of para-hydroxylation sites is 1. The first kappa shape index (κ1) is 17.5. The number of benzene rings is 1. The number of carbonyl (C=O) groups is 2. The summed E-state index contributed by atoms with van der Waals surface area (Å²) >= 11 is 0. The summed E-state index contributed by atoms with van der Waals surface area (Å²) < 4.78 is 0. The predicted molar refractivity (Wildman–Crippen MR) is 93.5 cm³/mol. The topological polar surface area (TPSA) is 49.4 Å². The average Bonchev–Trinajstić information content (AvgIpc) is 2.77. The third kappa shape index (κ3) is 5.38. The molecule has 1 aromatic rings. The van der Waals surface area contributed by atoms with E-state index < -0.39 is 0 Å². The molecule has 0 bridgehead atoms. The van der Waals surface area contributed by atoms with Gasteiger partial charge in [-0.1, -0.05) is 43.9 Å². The molecule has 4 nitrogen and oxygen atoms in total. The number of nitrogens with one attached hydrogen (secondary N) is 1. The van der Waals surface area contributed by atoms with Gasteiger partial charge >= 0.3 is 0 Å². The van der Waals surface area contributed by atoms with Crippen molar-refractivity contribution < 1.29 is 9.59 Å². The minimum atomic E-state index is -0.0263. The monoisotopic (exact) mass is 316 g/mol. The van der Waals surface area contributed by atoms with Crippen LogP contribution in [0.4, 0.5) is 5.69 Å². The number of rotatable bonds is 5. The summed E-state index contributed by atoms with van der Waals surface area (Å²) in [5.41, 5.74) is 1.94. The number of amides is 2. The van der Waals surface area contributed by atoms with Crippen LogP contribution < -0.4 is 10.2 Å². The first-order chi connectivity index (χ1) is 11.1. The average molecular weight is 316 g/mol. The van der Waals surface area contributed by atoms with Gasteiger partial charge in [0.05, 0.1) is 0 Å². The molecule has 0 atom stereocenters. The second-order valence-electron chi connectivity index (χ2n) is 6.46. The van der Waals surface area contributed by atoms with Crippen LogP contribution in [0.3, 0.4) is 0 Å². The van der Waals surface area contributed by atoms with Gasteiger partial charge in [0, 0.05) is 31.6 Å². The summed E-state index contributed by atoms with van der Waals surface area (Å²) in [5.74, 6) is 0.0262.